The van der Waals surface area contributed by atoms with E-state index in [-0.39, 0.29) is 0 Å². The molecule has 0 saturated carbocycles. The van der Waals surface area contributed by atoms with E-state index in [9.17, 15) is 0 Å². The van der Waals surface area contributed by atoms with Gasteiger partial charge in [0.2, 0.25) is 4.77 Å². The number of rotatable bonds is 8. The summed E-state index contributed by atoms with van der Waals surface area (Å²) in [6.45, 7) is 7.05. The lowest BCUT2D eigenvalue weighted by atomic mass is 10.1. The normalized spacial score (nSPS) is 11.3. The summed E-state index contributed by atoms with van der Waals surface area (Å²) in [7, 11) is 1.63. The Hall–Kier alpha value is -2.93. The first-order valence-corrected chi connectivity index (χ1v) is 9.98. The van der Waals surface area contributed by atoms with Crippen LogP contribution in [0.3, 0.4) is 0 Å². The van der Waals surface area contributed by atoms with Gasteiger partial charge in [-0.3, -0.25) is 0 Å². The minimum atomic E-state index is 0.428. The second kappa shape index (κ2) is 9.52. The largest absolute Gasteiger partial charge is 0.493 e. The van der Waals surface area contributed by atoms with Crippen molar-refractivity contribution in [1.82, 2.24) is 14.9 Å². The molecule has 0 aliphatic carbocycles. The molecule has 0 spiro atoms. The Morgan fingerprint density at radius 3 is 2.62 bits per heavy atom. The van der Waals surface area contributed by atoms with Gasteiger partial charge in [-0.1, -0.05) is 43.7 Å². The Balaban J connectivity index is 1.82. The van der Waals surface area contributed by atoms with Crippen molar-refractivity contribution in [2.45, 2.75) is 27.2 Å². The second-order valence-corrected chi connectivity index (χ2v) is 7.60. The number of aryl methyl sites for hydroxylation is 1. The molecule has 0 atom stereocenters. The number of aromatic amines is 1. The summed E-state index contributed by atoms with van der Waals surface area (Å²) in [5, 5.41) is 11.6. The molecule has 1 N–H and O–H groups in total. The van der Waals surface area contributed by atoms with Crippen molar-refractivity contribution in [3.63, 3.8) is 0 Å². The minimum absolute atomic E-state index is 0.428. The Morgan fingerprint density at radius 1 is 1.17 bits per heavy atom. The zero-order valence-corrected chi connectivity index (χ0v) is 18.0. The van der Waals surface area contributed by atoms with Gasteiger partial charge in [0.1, 0.15) is 0 Å². The SMILES string of the molecule is COc1cc(/C=N/n2c(-c3ccc(C)cc3)n[nH]c2=S)ccc1OCCC(C)C. The number of nitrogens with one attached hydrogen (secondary N) is 1. The van der Waals surface area contributed by atoms with Gasteiger partial charge in [0.05, 0.1) is 19.9 Å². The summed E-state index contributed by atoms with van der Waals surface area (Å²) in [5.74, 6) is 2.65. The average molecular weight is 411 g/mol. The molecule has 3 rings (SSSR count). The molecular weight excluding hydrogens is 384 g/mol. The highest BCUT2D eigenvalue weighted by molar-refractivity contribution is 7.71. The molecule has 152 valence electrons. The molecule has 1 heterocycles. The van der Waals surface area contributed by atoms with Gasteiger partial charge in [0, 0.05) is 5.56 Å². The monoisotopic (exact) mass is 410 g/mol. The van der Waals surface area contributed by atoms with E-state index < -0.39 is 0 Å². The van der Waals surface area contributed by atoms with E-state index in [1.165, 1.54) is 5.56 Å². The topological polar surface area (TPSA) is 64.4 Å². The van der Waals surface area contributed by atoms with E-state index in [4.69, 9.17) is 21.7 Å². The molecule has 29 heavy (non-hydrogen) atoms. The van der Waals surface area contributed by atoms with Crippen LogP contribution in [0.15, 0.2) is 47.6 Å². The number of hydrogen-bond donors (Lipinski definition) is 1. The van der Waals surface area contributed by atoms with Crippen LogP contribution < -0.4 is 9.47 Å². The molecule has 2 aromatic carbocycles. The molecule has 0 bridgehead atoms. The summed E-state index contributed by atoms with van der Waals surface area (Å²) in [4.78, 5) is 0. The van der Waals surface area contributed by atoms with E-state index >= 15 is 0 Å². The molecule has 0 radical (unpaired) electrons. The van der Waals surface area contributed by atoms with Gasteiger partial charge in [-0.15, -0.1) is 0 Å². The Labute approximate surface area is 176 Å². The van der Waals surface area contributed by atoms with E-state index in [0.717, 1.165) is 23.3 Å². The number of aromatic nitrogens is 3. The third kappa shape index (κ3) is 5.32. The summed E-state index contributed by atoms with van der Waals surface area (Å²) in [6, 6.07) is 13.8. The highest BCUT2D eigenvalue weighted by atomic mass is 32.1. The summed E-state index contributed by atoms with van der Waals surface area (Å²) in [6.07, 6.45) is 2.72. The number of H-pyrrole nitrogens is 1. The molecule has 0 unspecified atom stereocenters. The zero-order valence-electron chi connectivity index (χ0n) is 17.2. The fraction of sp³-hybridized carbons (Fsp3) is 0.318. The van der Waals surface area contributed by atoms with Gasteiger partial charge in [0.15, 0.2) is 17.3 Å². The van der Waals surface area contributed by atoms with Gasteiger partial charge >= 0.3 is 0 Å². The third-order valence-corrected chi connectivity index (χ3v) is 4.69. The Bertz CT molecular complexity index is 1040. The van der Waals surface area contributed by atoms with Crippen molar-refractivity contribution in [2.75, 3.05) is 13.7 Å². The average Bonchev–Trinajstić information content (AvgIpc) is 3.07. The number of hydrogen-bond acceptors (Lipinski definition) is 5. The van der Waals surface area contributed by atoms with E-state index in [0.29, 0.717) is 28.9 Å². The van der Waals surface area contributed by atoms with Crippen molar-refractivity contribution >= 4 is 18.4 Å². The van der Waals surface area contributed by atoms with Crippen LogP contribution in [-0.4, -0.2) is 34.8 Å². The van der Waals surface area contributed by atoms with Crippen LogP contribution in [0.2, 0.25) is 0 Å². The lowest BCUT2D eigenvalue weighted by molar-refractivity contribution is 0.273. The highest BCUT2D eigenvalue weighted by Gasteiger charge is 2.09. The summed E-state index contributed by atoms with van der Waals surface area (Å²) in [5.41, 5.74) is 2.99. The van der Waals surface area contributed by atoms with E-state index in [1.54, 1.807) is 18.0 Å². The first-order chi connectivity index (χ1) is 14.0. The zero-order chi connectivity index (χ0) is 20.8. The van der Waals surface area contributed by atoms with Gasteiger partial charge in [-0.2, -0.15) is 14.9 Å². The van der Waals surface area contributed by atoms with Crippen LogP contribution in [0.25, 0.3) is 11.4 Å². The Kier molecular flexibility index (Phi) is 6.82. The fourth-order valence-electron chi connectivity index (χ4n) is 2.70. The third-order valence-electron chi connectivity index (χ3n) is 4.42. The van der Waals surface area contributed by atoms with E-state index in [2.05, 4.69) is 29.1 Å². The quantitative estimate of drug-likeness (QED) is 0.408. The van der Waals surface area contributed by atoms with Gasteiger partial charge < -0.3 is 9.47 Å². The fourth-order valence-corrected chi connectivity index (χ4v) is 2.88. The van der Waals surface area contributed by atoms with Crippen LogP contribution in [0.4, 0.5) is 0 Å². The number of benzene rings is 2. The van der Waals surface area contributed by atoms with Crippen molar-refractivity contribution in [3.05, 3.63) is 58.4 Å². The predicted molar refractivity (Wildman–Crippen MR) is 119 cm³/mol. The molecule has 0 aliphatic heterocycles. The van der Waals surface area contributed by atoms with E-state index in [1.807, 2.05) is 49.4 Å². The molecule has 7 heteroatoms. The molecule has 6 nitrogen and oxygen atoms in total. The maximum atomic E-state index is 5.84. The molecule has 0 aliphatic rings. The number of methoxy groups -OCH3 is 1. The molecule has 3 aromatic rings. The van der Waals surface area contributed by atoms with Gasteiger partial charge in [-0.25, -0.2) is 5.10 Å². The van der Waals surface area contributed by atoms with Crippen LogP contribution in [0.1, 0.15) is 31.4 Å². The highest BCUT2D eigenvalue weighted by Crippen LogP contribution is 2.28. The maximum absolute atomic E-state index is 5.84. The molecule has 0 saturated heterocycles. The summed E-state index contributed by atoms with van der Waals surface area (Å²) >= 11 is 5.34. The van der Waals surface area contributed by atoms with Crippen LogP contribution >= 0.6 is 12.2 Å². The molecular formula is C22H26N4O2S. The predicted octanol–water partition coefficient (Wildman–Crippen LogP) is 5.23. The smallest absolute Gasteiger partial charge is 0.216 e. The van der Waals surface area contributed by atoms with Crippen molar-refractivity contribution < 1.29 is 9.47 Å². The minimum Gasteiger partial charge on any atom is -0.493 e. The van der Waals surface area contributed by atoms with Gasteiger partial charge in [0.25, 0.3) is 0 Å². The van der Waals surface area contributed by atoms with Crippen LogP contribution in [-0.2, 0) is 0 Å². The molecule has 1 aromatic heterocycles. The number of nitrogens with zero attached hydrogens (tertiary/aromatic N) is 3. The van der Waals surface area contributed by atoms with Gasteiger partial charge in [-0.05, 0) is 55.2 Å². The van der Waals surface area contributed by atoms with Crippen LogP contribution in [0.5, 0.6) is 11.5 Å². The lowest BCUT2D eigenvalue weighted by Gasteiger charge is -2.12. The first kappa shape index (κ1) is 20.8. The van der Waals surface area contributed by atoms with Crippen molar-refractivity contribution in [3.8, 4) is 22.9 Å². The standard InChI is InChI=1S/C22H26N4O2S/c1-15(2)11-12-28-19-10-7-17(13-20(19)27-4)14-23-26-21(24-25-22(26)29)18-8-5-16(3)6-9-18/h5-10,13-15H,11-12H2,1-4H3,(H,25,29)/b23-14+. The Morgan fingerprint density at radius 2 is 1.93 bits per heavy atom. The lowest BCUT2D eigenvalue weighted by Crippen LogP contribution is -2.03. The molecule has 0 amide bonds. The maximum Gasteiger partial charge on any atom is 0.216 e. The first-order valence-electron chi connectivity index (χ1n) is 9.57. The van der Waals surface area contributed by atoms with Crippen LogP contribution in [0, 0.1) is 17.6 Å². The molecule has 0 fully saturated rings. The van der Waals surface area contributed by atoms with Crippen molar-refractivity contribution in [2.24, 2.45) is 11.0 Å². The summed E-state index contributed by atoms with van der Waals surface area (Å²) < 4.78 is 13.4. The number of ether oxygens (including phenoxy) is 2. The second-order valence-electron chi connectivity index (χ2n) is 7.22. The van der Waals surface area contributed by atoms with Crippen molar-refractivity contribution in [1.29, 1.82) is 0 Å².